The van der Waals surface area contributed by atoms with Gasteiger partial charge in [0.25, 0.3) is 0 Å². The van der Waals surface area contributed by atoms with Gasteiger partial charge >= 0.3 is 0 Å². The second-order valence-electron chi connectivity index (χ2n) is 7.65. The van der Waals surface area contributed by atoms with E-state index >= 15 is 0 Å². The standard InChI is InChI=1S/C23H21FN4O2S/c1-14(20-12-15-6-2-5-9-19(15)30-20)25-21(29)13-31-23-27-26-22(28(23)16-10-11-16)17-7-3-4-8-18(17)24/h2-9,12,14,16H,10-11,13H2,1H3,(H,25,29)/t14-/m0/s1. The fraction of sp³-hybridized carbons (Fsp3) is 0.261. The van der Waals surface area contributed by atoms with Crippen molar-refractivity contribution in [2.45, 2.75) is 37.0 Å². The molecule has 6 nitrogen and oxygen atoms in total. The van der Waals surface area contributed by atoms with Crippen LogP contribution in [0.25, 0.3) is 22.4 Å². The van der Waals surface area contributed by atoms with E-state index in [2.05, 4.69) is 15.5 Å². The molecule has 1 amide bonds. The molecule has 0 spiro atoms. The Morgan fingerprint density at radius 2 is 2.00 bits per heavy atom. The molecular formula is C23H21FN4O2S. The summed E-state index contributed by atoms with van der Waals surface area (Å²) < 4.78 is 22.1. The van der Waals surface area contributed by atoms with Crippen molar-refractivity contribution in [3.63, 3.8) is 0 Å². The predicted octanol–water partition coefficient (Wildman–Crippen LogP) is 5.13. The monoisotopic (exact) mass is 436 g/mol. The number of hydrogen-bond donors (Lipinski definition) is 1. The van der Waals surface area contributed by atoms with Gasteiger partial charge in [-0.05, 0) is 44.0 Å². The molecule has 1 N–H and O–H groups in total. The van der Waals surface area contributed by atoms with Gasteiger partial charge in [-0.3, -0.25) is 9.36 Å². The Morgan fingerprint density at radius 3 is 2.77 bits per heavy atom. The number of rotatable bonds is 7. The molecule has 0 saturated heterocycles. The maximum atomic E-state index is 14.3. The van der Waals surface area contributed by atoms with Gasteiger partial charge in [-0.1, -0.05) is 42.1 Å². The summed E-state index contributed by atoms with van der Waals surface area (Å²) in [5, 5.41) is 13.1. The minimum absolute atomic E-state index is 0.129. The van der Waals surface area contributed by atoms with Crippen LogP contribution in [0.2, 0.25) is 0 Å². The van der Waals surface area contributed by atoms with E-state index in [9.17, 15) is 9.18 Å². The molecule has 1 atom stereocenters. The van der Waals surface area contributed by atoms with Crippen molar-refractivity contribution in [3.8, 4) is 11.4 Å². The number of thioether (sulfide) groups is 1. The molecule has 5 rings (SSSR count). The number of benzene rings is 2. The lowest BCUT2D eigenvalue weighted by Gasteiger charge is -2.12. The smallest absolute Gasteiger partial charge is 0.231 e. The fourth-order valence-electron chi connectivity index (χ4n) is 3.56. The van der Waals surface area contributed by atoms with Crippen LogP contribution in [0, 0.1) is 5.82 Å². The number of para-hydroxylation sites is 1. The van der Waals surface area contributed by atoms with Gasteiger partial charge in [0.1, 0.15) is 17.2 Å². The molecule has 158 valence electrons. The third-order valence-corrected chi connectivity index (χ3v) is 6.22. The van der Waals surface area contributed by atoms with Crippen molar-refractivity contribution in [3.05, 3.63) is 66.2 Å². The minimum atomic E-state index is -0.328. The highest BCUT2D eigenvalue weighted by Crippen LogP contribution is 2.41. The zero-order valence-corrected chi connectivity index (χ0v) is 17.7. The number of carbonyl (C=O) groups excluding carboxylic acids is 1. The van der Waals surface area contributed by atoms with E-state index in [-0.39, 0.29) is 29.6 Å². The summed E-state index contributed by atoms with van der Waals surface area (Å²) in [6.45, 7) is 1.89. The number of furan rings is 1. The quantitative estimate of drug-likeness (QED) is 0.406. The van der Waals surface area contributed by atoms with Crippen LogP contribution in [-0.4, -0.2) is 26.4 Å². The number of amides is 1. The Labute approximate surface area is 182 Å². The largest absolute Gasteiger partial charge is 0.459 e. The molecule has 4 aromatic rings. The Balaban J connectivity index is 1.27. The van der Waals surface area contributed by atoms with Crippen LogP contribution in [-0.2, 0) is 4.79 Å². The van der Waals surface area contributed by atoms with Gasteiger partial charge < -0.3 is 9.73 Å². The summed E-state index contributed by atoms with van der Waals surface area (Å²) >= 11 is 1.31. The van der Waals surface area contributed by atoms with Gasteiger partial charge in [0, 0.05) is 11.4 Å². The highest BCUT2D eigenvalue weighted by atomic mass is 32.2. The molecule has 8 heteroatoms. The molecule has 1 aliphatic rings. The van der Waals surface area contributed by atoms with E-state index < -0.39 is 0 Å². The number of carbonyl (C=O) groups is 1. The van der Waals surface area contributed by atoms with Crippen molar-refractivity contribution < 1.29 is 13.6 Å². The summed E-state index contributed by atoms with van der Waals surface area (Å²) in [6.07, 6.45) is 2.00. The van der Waals surface area contributed by atoms with Crippen LogP contribution < -0.4 is 5.32 Å². The lowest BCUT2D eigenvalue weighted by molar-refractivity contribution is -0.119. The molecule has 0 bridgehead atoms. The first-order valence-corrected chi connectivity index (χ1v) is 11.2. The maximum absolute atomic E-state index is 14.3. The Hall–Kier alpha value is -3.13. The second-order valence-corrected chi connectivity index (χ2v) is 8.59. The molecule has 0 radical (unpaired) electrons. The van der Waals surface area contributed by atoms with E-state index in [0.717, 1.165) is 23.8 Å². The van der Waals surface area contributed by atoms with Gasteiger partial charge in [0.2, 0.25) is 5.91 Å². The first kappa shape index (κ1) is 19.8. The molecule has 1 aliphatic carbocycles. The van der Waals surface area contributed by atoms with Crippen LogP contribution in [0.3, 0.4) is 0 Å². The number of nitrogens with one attached hydrogen (secondary N) is 1. The highest BCUT2D eigenvalue weighted by Gasteiger charge is 2.31. The summed E-state index contributed by atoms with van der Waals surface area (Å²) in [5.74, 6) is 0.954. The van der Waals surface area contributed by atoms with Crippen LogP contribution in [0.4, 0.5) is 4.39 Å². The third-order valence-electron chi connectivity index (χ3n) is 5.27. The molecule has 0 unspecified atom stereocenters. The number of aromatic nitrogens is 3. The van der Waals surface area contributed by atoms with E-state index in [1.807, 2.05) is 41.8 Å². The Kier molecular flexibility index (Phi) is 5.23. The normalized spacial score (nSPS) is 14.6. The van der Waals surface area contributed by atoms with Crippen LogP contribution in [0.15, 0.2) is 64.2 Å². The van der Waals surface area contributed by atoms with Crippen molar-refractivity contribution in [2.75, 3.05) is 5.75 Å². The molecule has 1 saturated carbocycles. The Morgan fingerprint density at radius 1 is 1.23 bits per heavy atom. The van der Waals surface area contributed by atoms with Gasteiger partial charge in [0.05, 0.1) is 17.4 Å². The summed E-state index contributed by atoms with van der Waals surface area (Å²) in [6, 6.07) is 16.2. The average Bonchev–Trinajstić information content (AvgIpc) is 3.36. The van der Waals surface area contributed by atoms with E-state index in [1.54, 1.807) is 18.2 Å². The van der Waals surface area contributed by atoms with Gasteiger partial charge in [-0.2, -0.15) is 0 Å². The summed E-state index contributed by atoms with van der Waals surface area (Å²) in [7, 11) is 0. The number of halogens is 1. The molecule has 1 fully saturated rings. The number of hydrogen-bond acceptors (Lipinski definition) is 5. The molecule has 2 aromatic carbocycles. The fourth-order valence-corrected chi connectivity index (χ4v) is 4.38. The van der Waals surface area contributed by atoms with Crippen LogP contribution in [0.5, 0.6) is 0 Å². The molecule has 0 aliphatic heterocycles. The van der Waals surface area contributed by atoms with Crippen molar-refractivity contribution >= 4 is 28.6 Å². The molecule has 2 aromatic heterocycles. The lowest BCUT2D eigenvalue weighted by atomic mass is 10.2. The summed E-state index contributed by atoms with van der Waals surface area (Å²) in [4.78, 5) is 12.6. The van der Waals surface area contributed by atoms with E-state index in [4.69, 9.17) is 4.42 Å². The molecule has 31 heavy (non-hydrogen) atoms. The van der Waals surface area contributed by atoms with E-state index in [0.29, 0.717) is 22.3 Å². The molecule has 2 heterocycles. The van der Waals surface area contributed by atoms with Crippen molar-refractivity contribution in [1.82, 2.24) is 20.1 Å². The Bertz CT molecular complexity index is 1210. The zero-order valence-electron chi connectivity index (χ0n) is 16.9. The lowest BCUT2D eigenvalue weighted by Crippen LogP contribution is -2.28. The minimum Gasteiger partial charge on any atom is -0.459 e. The maximum Gasteiger partial charge on any atom is 0.231 e. The van der Waals surface area contributed by atoms with Crippen molar-refractivity contribution in [2.24, 2.45) is 0 Å². The van der Waals surface area contributed by atoms with Gasteiger partial charge in [-0.15, -0.1) is 10.2 Å². The third kappa shape index (κ3) is 4.07. The number of fused-ring (bicyclic) bond motifs is 1. The molecular weight excluding hydrogens is 415 g/mol. The van der Waals surface area contributed by atoms with Gasteiger partial charge in [0.15, 0.2) is 11.0 Å². The van der Waals surface area contributed by atoms with E-state index in [1.165, 1.54) is 17.8 Å². The predicted molar refractivity (Wildman–Crippen MR) is 117 cm³/mol. The van der Waals surface area contributed by atoms with Crippen LogP contribution >= 0.6 is 11.8 Å². The summed E-state index contributed by atoms with van der Waals surface area (Å²) in [5.41, 5.74) is 1.22. The zero-order chi connectivity index (χ0) is 21.4. The number of nitrogens with zero attached hydrogens (tertiary/aromatic N) is 3. The average molecular weight is 437 g/mol. The first-order chi connectivity index (χ1) is 15.1. The first-order valence-electron chi connectivity index (χ1n) is 10.2. The second kappa shape index (κ2) is 8.19. The van der Waals surface area contributed by atoms with Crippen molar-refractivity contribution in [1.29, 1.82) is 0 Å². The van der Waals surface area contributed by atoms with Crippen LogP contribution in [0.1, 0.15) is 37.6 Å². The highest BCUT2D eigenvalue weighted by molar-refractivity contribution is 7.99. The van der Waals surface area contributed by atoms with Gasteiger partial charge in [-0.25, -0.2) is 4.39 Å². The SMILES string of the molecule is C[C@H](NC(=O)CSc1nnc(-c2ccccc2F)n1C1CC1)c1cc2ccccc2o1. The topological polar surface area (TPSA) is 73.0 Å².